The lowest BCUT2D eigenvalue weighted by Crippen LogP contribution is -2.26. The topological polar surface area (TPSA) is 26.0 Å². The van der Waals surface area contributed by atoms with Gasteiger partial charge in [-0.25, -0.2) is 8.78 Å². The Labute approximate surface area is 124 Å². The quantitative estimate of drug-likeness (QED) is 0.841. The van der Waals surface area contributed by atoms with Gasteiger partial charge in [-0.3, -0.25) is 0 Å². The molecule has 0 aromatic heterocycles. The molecule has 0 amide bonds. The second-order valence-electron chi connectivity index (χ2n) is 5.49. The first-order chi connectivity index (χ1) is 10.1. The van der Waals surface area contributed by atoms with E-state index in [1.165, 1.54) is 6.07 Å². The average molecular weight is 289 g/mol. The van der Waals surface area contributed by atoms with Gasteiger partial charge in [0.2, 0.25) is 0 Å². The number of benzene rings is 2. The van der Waals surface area contributed by atoms with E-state index < -0.39 is 17.7 Å². The molecular weight excluding hydrogens is 268 g/mol. The van der Waals surface area contributed by atoms with Gasteiger partial charge >= 0.3 is 0 Å². The van der Waals surface area contributed by atoms with Crippen LogP contribution in [0.5, 0.6) is 0 Å². The Kier molecular flexibility index (Phi) is 5.07. The summed E-state index contributed by atoms with van der Waals surface area (Å²) in [5.41, 5.74) is 7.61. The molecule has 0 bridgehead atoms. The maximum atomic E-state index is 14.0. The van der Waals surface area contributed by atoms with Crippen molar-refractivity contribution in [2.24, 2.45) is 11.7 Å². The third-order valence-corrected chi connectivity index (χ3v) is 4.17. The van der Waals surface area contributed by atoms with Crippen LogP contribution in [0.15, 0.2) is 48.5 Å². The molecule has 2 N–H and O–H groups in total. The summed E-state index contributed by atoms with van der Waals surface area (Å²) in [6, 6.07) is 13.4. The Hall–Kier alpha value is -1.74. The van der Waals surface area contributed by atoms with Gasteiger partial charge in [-0.1, -0.05) is 62.7 Å². The van der Waals surface area contributed by atoms with Crippen molar-refractivity contribution in [2.45, 2.75) is 32.2 Å². The van der Waals surface area contributed by atoms with Crippen LogP contribution in [0.25, 0.3) is 0 Å². The average Bonchev–Trinajstić information content (AvgIpc) is 2.51. The van der Waals surface area contributed by atoms with Crippen LogP contribution in [0.1, 0.15) is 43.4 Å². The van der Waals surface area contributed by atoms with E-state index in [0.717, 1.165) is 18.1 Å². The Morgan fingerprint density at radius 3 is 2.29 bits per heavy atom. The smallest absolute Gasteiger partial charge is 0.163 e. The van der Waals surface area contributed by atoms with Gasteiger partial charge in [0.05, 0.1) is 0 Å². The van der Waals surface area contributed by atoms with Crippen LogP contribution in [-0.4, -0.2) is 0 Å². The molecule has 3 atom stereocenters. The first kappa shape index (κ1) is 15.6. The van der Waals surface area contributed by atoms with Crippen molar-refractivity contribution in [1.29, 1.82) is 0 Å². The predicted molar refractivity (Wildman–Crippen MR) is 81.9 cm³/mol. The Morgan fingerprint density at radius 1 is 1.00 bits per heavy atom. The van der Waals surface area contributed by atoms with Crippen molar-refractivity contribution in [3.05, 3.63) is 71.3 Å². The van der Waals surface area contributed by atoms with Crippen molar-refractivity contribution in [3.63, 3.8) is 0 Å². The number of halogens is 2. The zero-order valence-electron chi connectivity index (χ0n) is 12.4. The minimum Gasteiger partial charge on any atom is -0.323 e. The van der Waals surface area contributed by atoms with E-state index in [1.807, 2.05) is 30.3 Å². The normalized spacial score (nSPS) is 15.5. The molecule has 0 saturated carbocycles. The first-order valence-electron chi connectivity index (χ1n) is 7.30. The molecule has 0 aliphatic heterocycles. The fourth-order valence-corrected chi connectivity index (χ4v) is 2.79. The number of nitrogens with two attached hydrogens (primary N) is 1. The summed E-state index contributed by atoms with van der Waals surface area (Å²) in [5.74, 6) is -1.47. The molecule has 1 nitrogen and oxygen atoms in total. The van der Waals surface area contributed by atoms with Crippen molar-refractivity contribution >= 4 is 0 Å². The van der Waals surface area contributed by atoms with Crippen LogP contribution >= 0.6 is 0 Å². The zero-order valence-corrected chi connectivity index (χ0v) is 12.4. The van der Waals surface area contributed by atoms with Crippen LogP contribution < -0.4 is 5.73 Å². The molecule has 0 aliphatic rings. The van der Waals surface area contributed by atoms with Gasteiger partial charge in [0.25, 0.3) is 0 Å². The maximum Gasteiger partial charge on any atom is 0.163 e. The first-order valence-corrected chi connectivity index (χ1v) is 7.30. The van der Waals surface area contributed by atoms with E-state index in [4.69, 9.17) is 5.73 Å². The summed E-state index contributed by atoms with van der Waals surface area (Å²) < 4.78 is 27.5. The molecule has 3 unspecified atom stereocenters. The zero-order chi connectivity index (χ0) is 15.4. The Morgan fingerprint density at radius 2 is 1.67 bits per heavy atom. The van der Waals surface area contributed by atoms with E-state index in [-0.39, 0.29) is 17.4 Å². The van der Waals surface area contributed by atoms with Gasteiger partial charge in [-0.15, -0.1) is 0 Å². The van der Waals surface area contributed by atoms with Gasteiger partial charge in [-0.2, -0.15) is 0 Å². The molecule has 0 spiro atoms. The van der Waals surface area contributed by atoms with Crippen LogP contribution in [0, 0.1) is 17.6 Å². The number of hydrogen-bond acceptors (Lipinski definition) is 1. The maximum absolute atomic E-state index is 14.0. The molecule has 2 aromatic rings. The van der Waals surface area contributed by atoms with Crippen molar-refractivity contribution in [3.8, 4) is 0 Å². The third-order valence-electron chi connectivity index (χ3n) is 4.17. The minimum atomic E-state index is -0.848. The second kappa shape index (κ2) is 6.81. The number of hydrogen-bond donors (Lipinski definition) is 1. The molecule has 0 radical (unpaired) electrons. The van der Waals surface area contributed by atoms with E-state index >= 15 is 0 Å². The van der Waals surface area contributed by atoms with Gasteiger partial charge in [-0.05, 0) is 17.5 Å². The van der Waals surface area contributed by atoms with Crippen LogP contribution in [0.3, 0.4) is 0 Å². The van der Waals surface area contributed by atoms with E-state index in [2.05, 4.69) is 13.8 Å². The summed E-state index contributed by atoms with van der Waals surface area (Å²) in [6.45, 7) is 4.17. The van der Waals surface area contributed by atoms with Crippen molar-refractivity contribution in [1.82, 2.24) is 0 Å². The minimum absolute atomic E-state index is 0.0486. The molecule has 0 heterocycles. The molecule has 0 fully saturated rings. The predicted octanol–water partition coefficient (Wildman–Crippen LogP) is 4.79. The van der Waals surface area contributed by atoms with E-state index in [9.17, 15) is 8.78 Å². The fraction of sp³-hybridized carbons (Fsp3) is 0.333. The summed E-state index contributed by atoms with van der Waals surface area (Å²) in [5, 5.41) is 0. The Balaban J connectivity index is 2.44. The molecule has 3 heteroatoms. The highest BCUT2D eigenvalue weighted by Crippen LogP contribution is 2.37. The highest BCUT2D eigenvalue weighted by atomic mass is 19.2. The third kappa shape index (κ3) is 3.30. The van der Waals surface area contributed by atoms with Gasteiger partial charge in [0, 0.05) is 17.5 Å². The van der Waals surface area contributed by atoms with Gasteiger partial charge in [0.1, 0.15) is 0 Å². The standard InChI is InChI=1S/C18H21F2N/c1-3-12(2)16(13-8-5-4-6-9-13)18(21)14-10-7-11-15(19)17(14)20/h4-12,16,18H,3,21H2,1-2H3. The highest BCUT2D eigenvalue weighted by Gasteiger charge is 2.28. The highest BCUT2D eigenvalue weighted by molar-refractivity contribution is 5.29. The fourth-order valence-electron chi connectivity index (χ4n) is 2.79. The van der Waals surface area contributed by atoms with Crippen LogP contribution in [-0.2, 0) is 0 Å². The lowest BCUT2D eigenvalue weighted by atomic mass is 9.78. The summed E-state index contributed by atoms with van der Waals surface area (Å²) >= 11 is 0. The van der Waals surface area contributed by atoms with Crippen LogP contribution in [0.2, 0.25) is 0 Å². The van der Waals surface area contributed by atoms with Crippen molar-refractivity contribution < 1.29 is 8.78 Å². The van der Waals surface area contributed by atoms with Gasteiger partial charge in [0.15, 0.2) is 11.6 Å². The summed E-state index contributed by atoms with van der Waals surface area (Å²) in [7, 11) is 0. The lowest BCUT2D eigenvalue weighted by molar-refractivity contribution is 0.375. The Bertz CT molecular complexity index is 583. The monoisotopic (exact) mass is 289 g/mol. The SMILES string of the molecule is CCC(C)C(c1ccccc1)C(N)c1cccc(F)c1F. The molecule has 112 valence electrons. The van der Waals surface area contributed by atoms with E-state index in [1.54, 1.807) is 6.07 Å². The summed E-state index contributed by atoms with van der Waals surface area (Å²) in [6.07, 6.45) is 0.921. The number of rotatable bonds is 5. The molecule has 2 rings (SSSR count). The molecule has 0 saturated heterocycles. The van der Waals surface area contributed by atoms with Gasteiger partial charge < -0.3 is 5.73 Å². The second-order valence-corrected chi connectivity index (χ2v) is 5.49. The largest absolute Gasteiger partial charge is 0.323 e. The molecule has 21 heavy (non-hydrogen) atoms. The van der Waals surface area contributed by atoms with E-state index in [0.29, 0.717) is 0 Å². The van der Waals surface area contributed by atoms with Crippen molar-refractivity contribution in [2.75, 3.05) is 0 Å². The molecule has 0 aliphatic carbocycles. The lowest BCUT2D eigenvalue weighted by Gasteiger charge is -2.30. The molecular formula is C18H21F2N. The van der Waals surface area contributed by atoms with Crippen LogP contribution in [0.4, 0.5) is 8.78 Å². The molecule has 2 aromatic carbocycles. The summed E-state index contributed by atoms with van der Waals surface area (Å²) in [4.78, 5) is 0.